The SMILES string of the molecule is CCCn1cc(C(=O)N2CCC(COC(C)=O)(CC(=O)N3CCOCC3)CC2)cn1. The summed E-state index contributed by atoms with van der Waals surface area (Å²) in [6, 6.07) is 0. The van der Waals surface area contributed by atoms with Gasteiger partial charge in [-0.15, -0.1) is 0 Å². The van der Waals surface area contributed by atoms with Crippen LogP contribution in [0.15, 0.2) is 12.4 Å². The van der Waals surface area contributed by atoms with Crippen molar-refractivity contribution < 1.29 is 23.9 Å². The summed E-state index contributed by atoms with van der Waals surface area (Å²) in [6.45, 7) is 7.76. The highest BCUT2D eigenvalue weighted by molar-refractivity contribution is 5.93. The van der Waals surface area contributed by atoms with E-state index in [2.05, 4.69) is 12.0 Å². The highest BCUT2D eigenvalue weighted by Crippen LogP contribution is 2.36. The van der Waals surface area contributed by atoms with E-state index < -0.39 is 5.41 Å². The molecule has 0 spiro atoms. The number of ether oxygens (including phenoxy) is 2. The number of aryl methyl sites for hydroxylation is 1. The molecule has 166 valence electrons. The van der Waals surface area contributed by atoms with Crippen molar-refractivity contribution in [3.8, 4) is 0 Å². The summed E-state index contributed by atoms with van der Waals surface area (Å²) in [5, 5.41) is 4.24. The topological polar surface area (TPSA) is 94.0 Å². The Kier molecular flexibility index (Phi) is 7.47. The van der Waals surface area contributed by atoms with E-state index in [4.69, 9.17) is 9.47 Å². The number of nitrogens with zero attached hydrogens (tertiary/aromatic N) is 4. The molecule has 9 heteroatoms. The van der Waals surface area contributed by atoms with Gasteiger partial charge < -0.3 is 19.3 Å². The molecule has 1 aromatic rings. The monoisotopic (exact) mass is 420 g/mol. The molecule has 2 saturated heterocycles. The summed E-state index contributed by atoms with van der Waals surface area (Å²) in [5.74, 6) is -0.334. The molecule has 30 heavy (non-hydrogen) atoms. The highest BCUT2D eigenvalue weighted by Gasteiger charge is 2.40. The normalized spacial score (nSPS) is 18.9. The van der Waals surface area contributed by atoms with Crippen LogP contribution in [0.25, 0.3) is 0 Å². The molecule has 3 rings (SSSR count). The summed E-state index contributed by atoms with van der Waals surface area (Å²) in [6.07, 6.45) is 5.90. The van der Waals surface area contributed by atoms with Crippen LogP contribution in [0, 0.1) is 5.41 Å². The second-order valence-electron chi connectivity index (χ2n) is 8.23. The van der Waals surface area contributed by atoms with Gasteiger partial charge in [-0.2, -0.15) is 5.10 Å². The zero-order valence-electron chi connectivity index (χ0n) is 18.0. The lowest BCUT2D eigenvalue weighted by Gasteiger charge is -2.42. The first kappa shape index (κ1) is 22.3. The Hall–Kier alpha value is -2.42. The maximum Gasteiger partial charge on any atom is 0.302 e. The van der Waals surface area contributed by atoms with Gasteiger partial charge in [-0.3, -0.25) is 19.1 Å². The van der Waals surface area contributed by atoms with Gasteiger partial charge in [0.15, 0.2) is 0 Å². The molecule has 3 heterocycles. The van der Waals surface area contributed by atoms with Gasteiger partial charge in [0.05, 0.1) is 31.6 Å². The third kappa shape index (κ3) is 5.59. The van der Waals surface area contributed by atoms with Gasteiger partial charge in [0.25, 0.3) is 5.91 Å². The standard InChI is InChI=1S/C21H32N4O5/c1-3-6-25-15-18(14-22-25)20(28)24-7-4-21(5-8-24,16-30-17(2)26)13-19(27)23-9-11-29-12-10-23/h14-15H,3-13,16H2,1-2H3. The molecule has 0 radical (unpaired) electrons. The first-order valence-electron chi connectivity index (χ1n) is 10.7. The fraction of sp³-hybridized carbons (Fsp3) is 0.714. The zero-order chi connectivity index (χ0) is 21.6. The highest BCUT2D eigenvalue weighted by atomic mass is 16.5. The predicted molar refractivity (Wildman–Crippen MR) is 109 cm³/mol. The van der Waals surface area contributed by atoms with Crippen molar-refractivity contribution in [2.45, 2.75) is 46.1 Å². The van der Waals surface area contributed by atoms with E-state index in [1.165, 1.54) is 6.92 Å². The number of rotatable bonds is 7. The number of esters is 1. The maximum absolute atomic E-state index is 12.9. The summed E-state index contributed by atoms with van der Waals surface area (Å²) in [7, 11) is 0. The van der Waals surface area contributed by atoms with Crippen molar-refractivity contribution in [1.29, 1.82) is 0 Å². The Morgan fingerprint density at radius 1 is 1.13 bits per heavy atom. The van der Waals surface area contributed by atoms with Crippen LogP contribution in [-0.2, 0) is 25.6 Å². The smallest absolute Gasteiger partial charge is 0.302 e. The molecule has 2 aliphatic heterocycles. The number of carbonyl (C=O) groups excluding carboxylic acids is 3. The second-order valence-corrected chi connectivity index (χ2v) is 8.23. The lowest BCUT2D eigenvalue weighted by atomic mass is 9.75. The van der Waals surface area contributed by atoms with Gasteiger partial charge in [0.1, 0.15) is 0 Å². The van der Waals surface area contributed by atoms with Gasteiger partial charge in [-0.05, 0) is 19.3 Å². The molecular weight excluding hydrogens is 388 g/mol. The molecule has 0 bridgehead atoms. The van der Waals surface area contributed by atoms with Crippen LogP contribution in [0.5, 0.6) is 0 Å². The number of amides is 2. The number of carbonyl (C=O) groups is 3. The van der Waals surface area contributed by atoms with Crippen molar-refractivity contribution >= 4 is 17.8 Å². The summed E-state index contributed by atoms with van der Waals surface area (Å²) < 4.78 is 12.4. The number of aromatic nitrogens is 2. The molecule has 0 atom stereocenters. The molecule has 0 aromatic carbocycles. The Labute approximate surface area is 177 Å². The quantitative estimate of drug-likeness (QED) is 0.618. The van der Waals surface area contributed by atoms with Gasteiger partial charge in [-0.25, -0.2) is 0 Å². The number of likely N-dealkylation sites (tertiary alicyclic amines) is 1. The van der Waals surface area contributed by atoms with E-state index in [0.717, 1.165) is 13.0 Å². The first-order chi connectivity index (χ1) is 14.4. The molecule has 2 fully saturated rings. The first-order valence-corrected chi connectivity index (χ1v) is 10.7. The summed E-state index contributed by atoms with van der Waals surface area (Å²) in [5.41, 5.74) is 0.143. The lowest BCUT2D eigenvalue weighted by molar-refractivity contribution is -0.150. The van der Waals surface area contributed by atoms with Crippen molar-refractivity contribution in [2.75, 3.05) is 46.0 Å². The van der Waals surface area contributed by atoms with Crippen molar-refractivity contribution in [3.63, 3.8) is 0 Å². The number of piperidine rings is 1. The van der Waals surface area contributed by atoms with Gasteiger partial charge in [0, 0.05) is 57.7 Å². The molecule has 0 N–H and O–H groups in total. The molecule has 9 nitrogen and oxygen atoms in total. The van der Waals surface area contributed by atoms with Crippen LogP contribution in [0.2, 0.25) is 0 Å². The van der Waals surface area contributed by atoms with E-state index in [9.17, 15) is 14.4 Å². The van der Waals surface area contributed by atoms with Crippen molar-refractivity contribution in [1.82, 2.24) is 19.6 Å². The molecule has 0 aliphatic carbocycles. The molecular formula is C21H32N4O5. The Morgan fingerprint density at radius 2 is 1.83 bits per heavy atom. The molecule has 0 saturated carbocycles. The third-order valence-corrected chi connectivity index (χ3v) is 5.92. The van der Waals surface area contributed by atoms with Crippen LogP contribution in [0.1, 0.15) is 49.9 Å². The fourth-order valence-corrected chi connectivity index (χ4v) is 4.06. The minimum atomic E-state index is -0.440. The van der Waals surface area contributed by atoms with Crippen molar-refractivity contribution in [2.24, 2.45) is 5.41 Å². The maximum atomic E-state index is 12.9. The Morgan fingerprint density at radius 3 is 2.47 bits per heavy atom. The Balaban J connectivity index is 1.63. The van der Waals surface area contributed by atoms with Crippen LogP contribution < -0.4 is 0 Å². The van der Waals surface area contributed by atoms with Crippen LogP contribution >= 0.6 is 0 Å². The van der Waals surface area contributed by atoms with Gasteiger partial charge in [0.2, 0.25) is 5.91 Å². The van der Waals surface area contributed by atoms with E-state index in [1.54, 1.807) is 22.0 Å². The zero-order valence-corrected chi connectivity index (χ0v) is 18.0. The van der Waals surface area contributed by atoms with Gasteiger partial charge >= 0.3 is 5.97 Å². The average Bonchev–Trinajstić information content (AvgIpc) is 3.22. The van der Waals surface area contributed by atoms with Crippen LogP contribution in [0.3, 0.4) is 0 Å². The van der Waals surface area contributed by atoms with Gasteiger partial charge in [-0.1, -0.05) is 6.92 Å². The third-order valence-electron chi connectivity index (χ3n) is 5.92. The fourth-order valence-electron chi connectivity index (χ4n) is 4.06. The minimum absolute atomic E-state index is 0.0436. The second kappa shape index (κ2) is 10.1. The lowest BCUT2D eigenvalue weighted by Crippen LogP contribution is -2.49. The number of hydrogen-bond donors (Lipinski definition) is 0. The minimum Gasteiger partial charge on any atom is -0.465 e. The molecule has 2 amide bonds. The Bertz CT molecular complexity index is 748. The summed E-state index contributed by atoms with van der Waals surface area (Å²) >= 11 is 0. The molecule has 2 aliphatic rings. The van der Waals surface area contributed by atoms with E-state index in [0.29, 0.717) is 64.2 Å². The summed E-state index contributed by atoms with van der Waals surface area (Å²) in [4.78, 5) is 40.8. The van der Waals surface area contributed by atoms with E-state index >= 15 is 0 Å². The molecule has 1 aromatic heterocycles. The van der Waals surface area contributed by atoms with Crippen molar-refractivity contribution in [3.05, 3.63) is 18.0 Å². The molecule has 0 unspecified atom stereocenters. The van der Waals surface area contributed by atoms with Crippen LogP contribution in [-0.4, -0.2) is 83.4 Å². The average molecular weight is 421 g/mol. The largest absolute Gasteiger partial charge is 0.465 e. The van der Waals surface area contributed by atoms with E-state index in [-0.39, 0.29) is 24.4 Å². The van der Waals surface area contributed by atoms with Crippen LogP contribution in [0.4, 0.5) is 0 Å². The number of morpholine rings is 1. The van der Waals surface area contributed by atoms with E-state index in [1.807, 2.05) is 4.90 Å². The predicted octanol–water partition coefficient (Wildman–Crippen LogP) is 1.33. The number of hydrogen-bond acceptors (Lipinski definition) is 6.